The lowest BCUT2D eigenvalue weighted by Crippen LogP contribution is -2.42. The number of methoxy groups -OCH3 is 2. The number of hydrogen-bond acceptors (Lipinski definition) is 9. The van der Waals surface area contributed by atoms with Crippen LogP contribution in [0.25, 0.3) is 0 Å². The summed E-state index contributed by atoms with van der Waals surface area (Å²) in [6.45, 7) is -0.622. The van der Waals surface area contributed by atoms with Crippen molar-refractivity contribution in [3.63, 3.8) is 0 Å². The van der Waals surface area contributed by atoms with Crippen LogP contribution >= 0.6 is 23.1 Å². The highest BCUT2D eigenvalue weighted by atomic mass is 32.2. The Balaban J connectivity index is 1.48. The second-order valence-electron chi connectivity index (χ2n) is 9.39. The maximum Gasteiger partial charge on any atom is 0.323 e. The topological polar surface area (TPSA) is 146 Å². The molecule has 3 fully saturated rings. The van der Waals surface area contributed by atoms with Crippen LogP contribution in [0, 0.1) is 29.6 Å². The van der Waals surface area contributed by atoms with E-state index < -0.39 is 36.2 Å². The summed E-state index contributed by atoms with van der Waals surface area (Å²) < 4.78 is 10.7. The number of hydrogen-bond donors (Lipinski definition) is 3. The van der Waals surface area contributed by atoms with Crippen molar-refractivity contribution in [1.29, 1.82) is 0 Å². The fourth-order valence-electron chi connectivity index (χ4n) is 6.84. The normalized spacial score (nSPS) is 32.4. The average molecular weight is 519 g/mol. The number of phenols is 1. The van der Waals surface area contributed by atoms with Crippen molar-refractivity contribution in [2.45, 2.75) is 22.6 Å². The SMILES string of the molecule is COc1cc([C@@H]2c3sc(=O)[nH]c3S[C@@H]3[C@H]4C[C@@H]([C@@H]5C(=O)N(CC(=O)O)C(=O)[C@@H]45)[C@@H]23)cc(OC)c1O. The zero-order valence-electron chi connectivity index (χ0n) is 18.7. The fourth-order valence-corrected chi connectivity index (χ4v) is 9.73. The second-order valence-corrected chi connectivity index (χ2v) is 11.6. The van der Waals surface area contributed by atoms with Crippen molar-refractivity contribution in [3.05, 3.63) is 32.2 Å². The van der Waals surface area contributed by atoms with E-state index in [2.05, 4.69) is 4.98 Å². The number of carbonyl (C=O) groups excluding carboxylic acids is 2. The minimum absolute atomic E-state index is 0.0312. The van der Waals surface area contributed by atoms with Crippen LogP contribution in [0.1, 0.15) is 22.8 Å². The summed E-state index contributed by atoms with van der Waals surface area (Å²) in [7, 11) is 2.89. The third-order valence-corrected chi connectivity index (χ3v) is 10.6. The molecule has 2 aliphatic carbocycles. The van der Waals surface area contributed by atoms with Gasteiger partial charge in [-0.15, -0.1) is 11.8 Å². The van der Waals surface area contributed by atoms with Crippen LogP contribution in [0.5, 0.6) is 17.2 Å². The number of rotatable bonds is 5. The maximum absolute atomic E-state index is 13.2. The van der Waals surface area contributed by atoms with Gasteiger partial charge in [-0.1, -0.05) is 11.3 Å². The van der Waals surface area contributed by atoms with Crippen LogP contribution in [0.3, 0.4) is 0 Å². The van der Waals surface area contributed by atoms with Crippen LogP contribution in [-0.2, 0) is 14.4 Å². The number of amides is 2. The van der Waals surface area contributed by atoms with E-state index in [0.717, 1.165) is 31.7 Å². The fraction of sp³-hybridized carbons (Fsp3) is 0.478. The van der Waals surface area contributed by atoms with Gasteiger partial charge in [0.25, 0.3) is 0 Å². The van der Waals surface area contributed by atoms with E-state index in [-0.39, 0.29) is 51.0 Å². The molecular weight excluding hydrogens is 496 g/mol. The zero-order valence-corrected chi connectivity index (χ0v) is 20.4. The van der Waals surface area contributed by atoms with Gasteiger partial charge in [0.05, 0.1) is 31.1 Å². The standard InChI is InChI=1S/C23H22N2O8S2/c1-32-10-3-7(4-11(33-2)17(10)28)13-14-8-5-9(18(14)34-20-19(13)35-23(31)24-20)16-15(8)21(29)25(22(16)30)6-12(26)27/h3-4,8-9,13-16,18,28H,5-6H2,1-2H3,(H,24,31)(H,26,27)/t8-,9+,13+,14+,15+,16+,18-/m1/s1. The molecule has 1 aromatic heterocycles. The number of thioether (sulfide) groups is 1. The highest BCUT2D eigenvalue weighted by molar-refractivity contribution is 8.00. The van der Waals surface area contributed by atoms with Crippen LogP contribution in [0.2, 0.25) is 0 Å². The molecule has 6 rings (SSSR count). The van der Waals surface area contributed by atoms with Crippen molar-refractivity contribution in [3.8, 4) is 17.2 Å². The van der Waals surface area contributed by atoms with Gasteiger partial charge in [0.1, 0.15) is 6.54 Å². The molecule has 35 heavy (non-hydrogen) atoms. The molecule has 2 aromatic rings. The van der Waals surface area contributed by atoms with E-state index in [1.165, 1.54) is 14.2 Å². The molecule has 2 bridgehead atoms. The van der Waals surface area contributed by atoms with Crippen LogP contribution in [0.4, 0.5) is 0 Å². The monoisotopic (exact) mass is 518 g/mol. The van der Waals surface area contributed by atoms with E-state index >= 15 is 0 Å². The molecule has 4 aliphatic rings. The van der Waals surface area contributed by atoms with Crippen molar-refractivity contribution < 1.29 is 34.1 Å². The van der Waals surface area contributed by atoms with Gasteiger partial charge in [-0.25, -0.2) is 0 Å². The van der Waals surface area contributed by atoms with Crippen molar-refractivity contribution in [2.24, 2.45) is 29.6 Å². The number of aromatic hydroxyl groups is 1. The van der Waals surface area contributed by atoms with E-state index in [1.54, 1.807) is 23.9 Å². The zero-order chi connectivity index (χ0) is 24.8. The van der Waals surface area contributed by atoms with Crippen LogP contribution in [-0.4, -0.2) is 63.9 Å². The molecule has 184 valence electrons. The Morgan fingerprint density at radius 3 is 2.34 bits per heavy atom. The molecular formula is C23H22N2O8S2. The molecule has 1 aromatic carbocycles. The first kappa shape index (κ1) is 22.5. The van der Waals surface area contributed by atoms with E-state index in [9.17, 15) is 29.4 Å². The van der Waals surface area contributed by atoms with E-state index in [0.29, 0.717) is 6.42 Å². The second kappa shape index (κ2) is 7.76. The minimum atomic E-state index is -1.22. The number of phenolic OH excluding ortho intramolecular Hbond substituents is 1. The number of ether oxygens (including phenoxy) is 2. The van der Waals surface area contributed by atoms with Gasteiger partial charge in [-0.2, -0.15) is 0 Å². The number of carbonyl (C=O) groups is 3. The Morgan fingerprint density at radius 1 is 1.11 bits per heavy atom. The van der Waals surface area contributed by atoms with Gasteiger partial charge >= 0.3 is 10.8 Å². The Kier molecular flexibility index (Phi) is 4.98. The quantitative estimate of drug-likeness (QED) is 0.504. The smallest absolute Gasteiger partial charge is 0.323 e. The van der Waals surface area contributed by atoms with Gasteiger partial charge in [-0.3, -0.25) is 24.1 Å². The molecule has 2 saturated carbocycles. The largest absolute Gasteiger partial charge is 0.502 e. The minimum Gasteiger partial charge on any atom is -0.502 e. The summed E-state index contributed by atoms with van der Waals surface area (Å²) in [5, 5.41) is 20.4. The number of carboxylic acid groups (broad SMARTS) is 1. The third-order valence-electron chi connectivity index (χ3n) is 7.97. The molecule has 3 N–H and O–H groups in total. The molecule has 2 aliphatic heterocycles. The Labute approximate surface area is 207 Å². The number of aromatic amines is 1. The number of benzene rings is 1. The molecule has 0 spiro atoms. The summed E-state index contributed by atoms with van der Waals surface area (Å²) in [4.78, 5) is 54.5. The molecule has 7 atom stereocenters. The number of carboxylic acids is 1. The van der Waals surface area contributed by atoms with Crippen LogP contribution in [0.15, 0.2) is 22.0 Å². The summed E-state index contributed by atoms with van der Waals surface area (Å²) in [5.41, 5.74) is 0.784. The number of thiazole rings is 1. The molecule has 1 saturated heterocycles. The van der Waals surface area contributed by atoms with Crippen molar-refractivity contribution >= 4 is 40.9 Å². The lowest BCUT2D eigenvalue weighted by molar-refractivity contribution is -0.149. The first-order chi connectivity index (χ1) is 16.7. The average Bonchev–Trinajstić information content (AvgIpc) is 3.55. The van der Waals surface area contributed by atoms with Gasteiger partial charge in [0.2, 0.25) is 17.6 Å². The third kappa shape index (κ3) is 3.02. The lowest BCUT2D eigenvalue weighted by Gasteiger charge is -2.43. The number of fused-ring (bicyclic) bond motifs is 9. The molecule has 12 heteroatoms. The van der Waals surface area contributed by atoms with Crippen LogP contribution < -0.4 is 14.3 Å². The predicted molar refractivity (Wildman–Crippen MR) is 124 cm³/mol. The number of nitrogens with one attached hydrogen (secondary N) is 1. The van der Waals surface area contributed by atoms with Gasteiger partial charge in [0, 0.05) is 16.0 Å². The Hall–Kier alpha value is -2.99. The first-order valence-electron chi connectivity index (χ1n) is 11.2. The summed E-state index contributed by atoms with van der Waals surface area (Å²) >= 11 is 2.66. The number of aromatic nitrogens is 1. The number of aliphatic carboxylic acids is 1. The first-order valence-corrected chi connectivity index (χ1v) is 12.9. The lowest BCUT2D eigenvalue weighted by atomic mass is 9.68. The predicted octanol–water partition coefficient (Wildman–Crippen LogP) is 1.72. The Bertz CT molecular complexity index is 1310. The summed E-state index contributed by atoms with van der Waals surface area (Å²) in [6, 6.07) is 3.46. The highest BCUT2D eigenvalue weighted by Crippen LogP contribution is 2.68. The number of nitrogens with zero attached hydrogens (tertiary/aromatic N) is 1. The summed E-state index contributed by atoms with van der Waals surface area (Å²) in [6.07, 6.45) is 0.693. The molecule has 10 nitrogen and oxygen atoms in total. The van der Waals surface area contributed by atoms with E-state index in [4.69, 9.17) is 9.47 Å². The summed E-state index contributed by atoms with van der Waals surface area (Å²) in [5.74, 6) is -3.36. The molecule has 0 radical (unpaired) electrons. The molecule has 2 amide bonds. The van der Waals surface area contributed by atoms with Crippen molar-refractivity contribution in [2.75, 3.05) is 20.8 Å². The highest BCUT2D eigenvalue weighted by Gasteiger charge is 2.69. The Morgan fingerprint density at radius 2 is 1.74 bits per heavy atom. The van der Waals surface area contributed by atoms with E-state index in [1.807, 2.05) is 0 Å². The van der Waals surface area contributed by atoms with Gasteiger partial charge in [-0.05, 0) is 41.9 Å². The maximum atomic E-state index is 13.2. The van der Waals surface area contributed by atoms with Gasteiger partial charge in [0.15, 0.2) is 11.5 Å². The molecule has 0 unspecified atom stereocenters. The number of imide groups is 1. The van der Waals surface area contributed by atoms with Gasteiger partial charge < -0.3 is 24.7 Å². The van der Waals surface area contributed by atoms with Crippen molar-refractivity contribution in [1.82, 2.24) is 9.88 Å². The molecule has 3 heterocycles. The number of likely N-dealkylation sites (tertiary alicyclic amines) is 1. The number of H-pyrrole nitrogens is 1.